The van der Waals surface area contributed by atoms with Gasteiger partial charge in [-0.1, -0.05) is 0 Å². The lowest BCUT2D eigenvalue weighted by molar-refractivity contribution is 0.0901. The first-order valence-corrected chi connectivity index (χ1v) is 7.63. The minimum absolute atomic E-state index is 0.128. The highest BCUT2D eigenvalue weighted by atomic mass is 79.9. The second-order valence-corrected chi connectivity index (χ2v) is 6.17. The lowest BCUT2D eigenvalue weighted by Crippen LogP contribution is -2.41. The van der Waals surface area contributed by atoms with Gasteiger partial charge in [-0.05, 0) is 73.8 Å². The van der Waals surface area contributed by atoms with Crippen LogP contribution in [0.5, 0.6) is 0 Å². The van der Waals surface area contributed by atoms with Crippen molar-refractivity contribution >= 4 is 21.8 Å². The maximum Gasteiger partial charge on any atom is 0.287 e. The number of carbonyl (C=O) groups excluding carboxylic acids is 1. The van der Waals surface area contributed by atoms with Crippen LogP contribution >= 0.6 is 15.9 Å². The van der Waals surface area contributed by atoms with Gasteiger partial charge >= 0.3 is 0 Å². The molecule has 1 aliphatic rings. The molecule has 0 aliphatic carbocycles. The molecule has 0 spiro atoms. The lowest BCUT2D eigenvalue weighted by Gasteiger charge is -2.34. The third-order valence-electron chi connectivity index (χ3n) is 3.73. The average Bonchev–Trinajstić information content (AvgIpc) is 2.83. The third kappa shape index (κ3) is 4.08. The Hall–Kier alpha value is -0.810. The zero-order chi connectivity index (χ0) is 13.8. The lowest BCUT2D eigenvalue weighted by atomic mass is 9.96. The van der Waals surface area contributed by atoms with E-state index >= 15 is 0 Å². The molecule has 0 radical (unpaired) electrons. The number of furan rings is 1. The van der Waals surface area contributed by atoms with Crippen molar-refractivity contribution in [2.75, 3.05) is 19.6 Å². The van der Waals surface area contributed by atoms with E-state index in [0.717, 1.165) is 32.5 Å². The predicted octanol–water partition coefficient (Wildman–Crippen LogP) is 2.89. The van der Waals surface area contributed by atoms with E-state index in [1.807, 2.05) is 0 Å². The molecule has 4 nitrogen and oxygen atoms in total. The van der Waals surface area contributed by atoms with Gasteiger partial charge in [-0.25, -0.2) is 0 Å². The van der Waals surface area contributed by atoms with E-state index in [9.17, 15) is 4.79 Å². The summed E-state index contributed by atoms with van der Waals surface area (Å²) in [5, 5.41) is 2.95. The molecule has 1 N–H and O–H groups in total. The van der Waals surface area contributed by atoms with Crippen molar-refractivity contribution in [1.82, 2.24) is 10.2 Å². The molecule has 1 aliphatic heterocycles. The Kier molecular flexibility index (Phi) is 5.05. The first kappa shape index (κ1) is 14.6. The van der Waals surface area contributed by atoms with Crippen molar-refractivity contribution < 1.29 is 9.21 Å². The monoisotopic (exact) mass is 328 g/mol. The average molecular weight is 329 g/mol. The Labute approximate surface area is 122 Å². The van der Waals surface area contributed by atoms with Crippen LogP contribution in [-0.4, -0.2) is 36.5 Å². The Morgan fingerprint density at radius 1 is 1.47 bits per heavy atom. The number of nitrogens with one attached hydrogen (secondary N) is 1. The highest BCUT2D eigenvalue weighted by Crippen LogP contribution is 2.18. The van der Waals surface area contributed by atoms with Crippen molar-refractivity contribution in [1.29, 1.82) is 0 Å². The Morgan fingerprint density at radius 2 is 2.16 bits per heavy atom. The van der Waals surface area contributed by atoms with Crippen LogP contribution in [0.3, 0.4) is 0 Å². The number of rotatable bonds is 4. The SMILES string of the molecule is CC(C)N1CCC(CNC(=O)c2ccc(Br)o2)CC1. The van der Waals surface area contributed by atoms with Crippen molar-refractivity contribution in [3.8, 4) is 0 Å². The normalized spacial score (nSPS) is 17.9. The second-order valence-electron chi connectivity index (χ2n) is 5.39. The van der Waals surface area contributed by atoms with Gasteiger partial charge in [0, 0.05) is 12.6 Å². The van der Waals surface area contributed by atoms with E-state index < -0.39 is 0 Å². The van der Waals surface area contributed by atoms with Gasteiger partial charge in [0.15, 0.2) is 10.4 Å². The van der Waals surface area contributed by atoms with Crippen molar-refractivity contribution in [2.45, 2.75) is 32.7 Å². The molecule has 2 heterocycles. The van der Waals surface area contributed by atoms with Crippen molar-refractivity contribution in [3.63, 3.8) is 0 Å². The Balaban J connectivity index is 1.73. The van der Waals surface area contributed by atoms with Crippen LogP contribution in [0.15, 0.2) is 21.2 Å². The second kappa shape index (κ2) is 6.57. The van der Waals surface area contributed by atoms with Gasteiger partial charge < -0.3 is 14.6 Å². The molecule has 0 bridgehead atoms. The summed E-state index contributed by atoms with van der Waals surface area (Å²) in [5.41, 5.74) is 0. The van der Waals surface area contributed by atoms with E-state index in [2.05, 4.69) is 40.0 Å². The number of amides is 1. The van der Waals surface area contributed by atoms with Crippen LogP contribution in [0.2, 0.25) is 0 Å². The van der Waals surface area contributed by atoms with Crippen molar-refractivity contribution in [3.05, 3.63) is 22.6 Å². The van der Waals surface area contributed by atoms with E-state index in [1.54, 1.807) is 12.1 Å². The van der Waals surface area contributed by atoms with Gasteiger partial charge in [-0.15, -0.1) is 0 Å². The predicted molar refractivity (Wildman–Crippen MR) is 78.2 cm³/mol. The number of halogens is 1. The van der Waals surface area contributed by atoms with Crippen LogP contribution in [0.1, 0.15) is 37.2 Å². The minimum atomic E-state index is -0.128. The largest absolute Gasteiger partial charge is 0.444 e. The summed E-state index contributed by atoms with van der Waals surface area (Å²) in [6.45, 7) is 7.46. The smallest absolute Gasteiger partial charge is 0.287 e. The molecule has 1 amide bonds. The van der Waals surface area contributed by atoms with Gasteiger partial charge in [-0.2, -0.15) is 0 Å². The number of carbonyl (C=O) groups is 1. The zero-order valence-corrected chi connectivity index (χ0v) is 13.1. The Morgan fingerprint density at radius 3 is 2.68 bits per heavy atom. The number of nitrogens with zero attached hydrogens (tertiary/aromatic N) is 1. The van der Waals surface area contributed by atoms with Gasteiger partial charge in [0.2, 0.25) is 0 Å². The molecule has 1 fully saturated rings. The molecule has 19 heavy (non-hydrogen) atoms. The number of piperidine rings is 1. The first-order valence-electron chi connectivity index (χ1n) is 6.84. The zero-order valence-electron chi connectivity index (χ0n) is 11.5. The molecule has 106 valence electrons. The standard InChI is InChI=1S/C14H21BrN2O2/c1-10(2)17-7-5-11(6-8-17)9-16-14(18)12-3-4-13(15)19-12/h3-4,10-11H,5-9H2,1-2H3,(H,16,18). The summed E-state index contributed by atoms with van der Waals surface area (Å²) in [4.78, 5) is 14.3. The molecule has 5 heteroatoms. The van der Waals surface area contributed by atoms with Gasteiger partial charge in [0.25, 0.3) is 5.91 Å². The number of hydrogen-bond acceptors (Lipinski definition) is 3. The van der Waals surface area contributed by atoms with Crippen molar-refractivity contribution in [2.24, 2.45) is 5.92 Å². The van der Waals surface area contributed by atoms with Gasteiger partial charge in [0.05, 0.1) is 0 Å². The van der Waals surface area contributed by atoms with E-state index in [-0.39, 0.29) is 5.91 Å². The summed E-state index contributed by atoms with van der Waals surface area (Å²) in [6, 6.07) is 4.03. The fourth-order valence-corrected chi connectivity index (χ4v) is 2.74. The summed E-state index contributed by atoms with van der Waals surface area (Å²) in [5.74, 6) is 0.820. The van der Waals surface area contributed by atoms with Crippen LogP contribution in [0.4, 0.5) is 0 Å². The summed E-state index contributed by atoms with van der Waals surface area (Å²) in [7, 11) is 0. The van der Waals surface area contributed by atoms with Gasteiger partial charge in [-0.3, -0.25) is 4.79 Å². The topological polar surface area (TPSA) is 45.5 Å². The maximum atomic E-state index is 11.8. The molecule has 1 aromatic rings. The summed E-state index contributed by atoms with van der Waals surface area (Å²) in [6.07, 6.45) is 2.31. The molecular formula is C14H21BrN2O2. The molecule has 2 rings (SSSR count). The fourth-order valence-electron chi connectivity index (χ4n) is 2.43. The molecule has 0 unspecified atom stereocenters. The number of likely N-dealkylation sites (tertiary alicyclic amines) is 1. The molecular weight excluding hydrogens is 308 g/mol. The van der Waals surface area contributed by atoms with Gasteiger partial charge in [0.1, 0.15) is 0 Å². The van der Waals surface area contributed by atoms with E-state index in [4.69, 9.17) is 4.42 Å². The molecule has 0 atom stereocenters. The van der Waals surface area contributed by atoms with Crippen LogP contribution in [0.25, 0.3) is 0 Å². The summed E-state index contributed by atoms with van der Waals surface area (Å²) >= 11 is 3.20. The maximum absolute atomic E-state index is 11.8. The molecule has 0 aromatic carbocycles. The van der Waals surface area contributed by atoms with E-state index in [0.29, 0.717) is 22.4 Å². The van der Waals surface area contributed by atoms with Crippen LogP contribution < -0.4 is 5.32 Å². The van der Waals surface area contributed by atoms with Crippen LogP contribution in [-0.2, 0) is 0 Å². The first-order chi connectivity index (χ1) is 9.06. The molecule has 1 aromatic heterocycles. The minimum Gasteiger partial charge on any atom is -0.444 e. The quantitative estimate of drug-likeness (QED) is 0.924. The fraction of sp³-hybridized carbons (Fsp3) is 0.643. The number of hydrogen-bond donors (Lipinski definition) is 1. The van der Waals surface area contributed by atoms with E-state index in [1.165, 1.54) is 0 Å². The highest BCUT2D eigenvalue weighted by Gasteiger charge is 2.21. The molecule has 1 saturated heterocycles. The third-order valence-corrected chi connectivity index (χ3v) is 4.15. The Bertz CT molecular complexity index is 423. The molecule has 0 saturated carbocycles. The van der Waals surface area contributed by atoms with Crippen LogP contribution in [0, 0.1) is 5.92 Å². The summed E-state index contributed by atoms with van der Waals surface area (Å²) < 4.78 is 5.82. The highest BCUT2D eigenvalue weighted by molar-refractivity contribution is 9.10.